The van der Waals surface area contributed by atoms with Crippen LogP contribution in [0.25, 0.3) is 0 Å². The average molecular weight is 304 g/mol. The summed E-state index contributed by atoms with van der Waals surface area (Å²) in [5, 5.41) is 7.62. The number of piperazine rings is 1. The molecule has 1 saturated carbocycles. The number of nitrogens with one attached hydrogen (secondary N) is 1. The molecule has 7 nitrogen and oxygen atoms in total. The minimum Gasteiger partial charge on any atom is -0.353 e. The normalized spacial score (nSPS) is 25.6. The molecular formula is C15H24N6O. The van der Waals surface area contributed by atoms with E-state index < -0.39 is 0 Å². The zero-order valence-electron chi connectivity index (χ0n) is 13.5. The SMILES string of the molecule is CCN=C(NC1CC1C)N1CCN(c2cnn(C)c2)C(=O)C1. The summed E-state index contributed by atoms with van der Waals surface area (Å²) < 4.78 is 1.72. The first kappa shape index (κ1) is 14.9. The highest BCUT2D eigenvalue weighted by Crippen LogP contribution is 2.29. The fraction of sp³-hybridized carbons (Fsp3) is 0.667. The van der Waals surface area contributed by atoms with Gasteiger partial charge in [-0.3, -0.25) is 14.5 Å². The smallest absolute Gasteiger partial charge is 0.246 e. The van der Waals surface area contributed by atoms with Crippen LogP contribution in [0, 0.1) is 5.92 Å². The van der Waals surface area contributed by atoms with Crippen LogP contribution in [0.5, 0.6) is 0 Å². The number of rotatable bonds is 3. The maximum Gasteiger partial charge on any atom is 0.246 e. The van der Waals surface area contributed by atoms with Gasteiger partial charge >= 0.3 is 0 Å². The maximum absolute atomic E-state index is 12.5. The van der Waals surface area contributed by atoms with Crippen molar-refractivity contribution in [1.29, 1.82) is 0 Å². The molecule has 0 aromatic carbocycles. The van der Waals surface area contributed by atoms with E-state index in [9.17, 15) is 4.79 Å². The van der Waals surface area contributed by atoms with Crippen molar-refractivity contribution in [2.75, 3.05) is 31.1 Å². The molecule has 1 amide bonds. The largest absolute Gasteiger partial charge is 0.353 e. The van der Waals surface area contributed by atoms with Gasteiger partial charge in [-0.05, 0) is 19.3 Å². The molecule has 0 bridgehead atoms. The van der Waals surface area contributed by atoms with Crippen molar-refractivity contribution in [1.82, 2.24) is 20.0 Å². The molecule has 3 rings (SSSR count). The van der Waals surface area contributed by atoms with Gasteiger partial charge in [-0.2, -0.15) is 5.10 Å². The lowest BCUT2D eigenvalue weighted by Crippen LogP contribution is -2.55. The third-order valence-corrected chi connectivity index (χ3v) is 4.26. The van der Waals surface area contributed by atoms with Crippen molar-refractivity contribution in [3.63, 3.8) is 0 Å². The van der Waals surface area contributed by atoms with E-state index in [2.05, 4.69) is 27.2 Å². The molecule has 2 aliphatic rings. The summed E-state index contributed by atoms with van der Waals surface area (Å²) in [6, 6.07) is 0.511. The molecule has 1 saturated heterocycles. The monoisotopic (exact) mass is 304 g/mol. The lowest BCUT2D eigenvalue weighted by molar-refractivity contribution is -0.120. The number of aliphatic imine (C=N–C) groups is 1. The van der Waals surface area contributed by atoms with Gasteiger partial charge in [0.1, 0.15) is 6.54 Å². The topological polar surface area (TPSA) is 65.8 Å². The van der Waals surface area contributed by atoms with Gasteiger partial charge in [-0.25, -0.2) is 0 Å². The second kappa shape index (κ2) is 5.98. The number of carbonyl (C=O) groups is 1. The summed E-state index contributed by atoms with van der Waals surface area (Å²) in [4.78, 5) is 20.9. The van der Waals surface area contributed by atoms with Crippen molar-refractivity contribution in [3.05, 3.63) is 12.4 Å². The van der Waals surface area contributed by atoms with Crippen LogP contribution in [0.2, 0.25) is 0 Å². The van der Waals surface area contributed by atoms with Crippen LogP contribution in [0.4, 0.5) is 5.69 Å². The molecule has 1 aliphatic heterocycles. The Balaban J connectivity index is 1.65. The van der Waals surface area contributed by atoms with E-state index in [1.165, 1.54) is 6.42 Å². The van der Waals surface area contributed by atoms with Crippen molar-refractivity contribution in [2.24, 2.45) is 18.0 Å². The maximum atomic E-state index is 12.5. The van der Waals surface area contributed by atoms with Crippen molar-refractivity contribution < 1.29 is 4.79 Å². The van der Waals surface area contributed by atoms with E-state index >= 15 is 0 Å². The number of carbonyl (C=O) groups excluding carboxylic acids is 1. The Kier molecular flexibility index (Phi) is 4.04. The molecule has 1 aromatic rings. The van der Waals surface area contributed by atoms with E-state index in [4.69, 9.17) is 0 Å². The predicted octanol–water partition coefficient (Wildman–Crippen LogP) is 0.443. The van der Waals surface area contributed by atoms with Gasteiger partial charge in [0.2, 0.25) is 5.91 Å². The molecule has 1 N–H and O–H groups in total. The summed E-state index contributed by atoms with van der Waals surface area (Å²) >= 11 is 0. The lowest BCUT2D eigenvalue weighted by atomic mass is 10.3. The summed E-state index contributed by atoms with van der Waals surface area (Å²) in [6.45, 7) is 6.78. The number of anilines is 1. The average Bonchev–Trinajstić information content (AvgIpc) is 3.00. The van der Waals surface area contributed by atoms with Crippen molar-refractivity contribution in [2.45, 2.75) is 26.3 Å². The van der Waals surface area contributed by atoms with Gasteiger partial charge in [0.25, 0.3) is 0 Å². The van der Waals surface area contributed by atoms with Crippen molar-refractivity contribution >= 4 is 17.6 Å². The summed E-state index contributed by atoms with van der Waals surface area (Å²) in [5.41, 5.74) is 0.866. The van der Waals surface area contributed by atoms with Gasteiger partial charge in [0.15, 0.2) is 5.96 Å². The quantitative estimate of drug-likeness (QED) is 0.650. The third kappa shape index (κ3) is 3.08. The molecule has 22 heavy (non-hydrogen) atoms. The Bertz CT molecular complexity index is 580. The van der Waals surface area contributed by atoms with Gasteiger partial charge in [-0.1, -0.05) is 6.92 Å². The molecule has 1 aliphatic carbocycles. The minimum absolute atomic E-state index is 0.0914. The molecule has 2 unspecified atom stereocenters. The van der Waals surface area contributed by atoms with Crippen LogP contribution < -0.4 is 10.2 Å². The second-order valence-electron chi connectivity index (χ2n) is 6.10. The highest BCUT2D eigenvalue weighted by Gasteiger charge is 2.35. The fourth-order valence-corrected chi connectivity index (χ4v) is 2.75. The molecule has 2 fully saturated rings. The zero-order valence-corrected chi connectivity index (χ0v) is 13.5. The number of guanidine groups is 1. The Morgan fingerprint density at radius 3 is 2.82 bits per heavy atom. The van der Waals surface area contributed by atoms with E-state index in [-0.39, 0.29) is 5.91 Å². The van der Waals surface area contributed by atoms with E-state index in [0.29, 0.717) is 25.0 Å². The summed E-state index contributed by atoms with van der Waals surface area (Å²) in [5.74, 6) is 1.67. The molecule has 1 aromatic heterocycles. The lowest BCUT2D eigenvalue weighted by Gasteiger charge is -2.35. The molecular weight excluding hydrogens is 280 g/mol. The van der Waals surface area contributed by atoms with Crippen LogP contribution in [-0.2, 0) is 11.8 Å². The van der Waals surface area contributed by atoms with Crippen LogP contribution >= 0.6 is 0 Å². The first-order valence-electron chi connectivity index (χ1n) is 7.93. The van der Waals surface area contributed by atoms with Crippen molar-refractivity contribution in [3.8, 4) is 0 Å². The predicted molar refractivity (Wildman–Crippen MR) is 85.8 cm³/mol. The summed E-state index contributed by atoms with van der Waals surface area (Å²) in [6.07, 6.45) is 4.80. The number of nitrogens with zero attached hydrogens (tertiary/aromatic N) is 5. The highest BCUT2D eigenvalue weighted by molar-refractivity contribution is 5.98. The van der Waals surface area contributed by atoms with Gasteiger partial charge < -0.3 is 15.1 Å². The van der Waals surface area contributed by atoms with Gasteiger partial charge in [-0.15, -0.1) is 0 Å². The molecule has 2 atom stereocenters. The number of aryl methyl sites for hydroxylation is 1. The van der Waals surface area contributed by atoms with Crippen LogP contribution in [0.1, 0.15) is 20.3 Å². The number of aromatic nitrogens is 2. The third-order valence-electron chi connectivity index (χ3n) is 4.26. The van der Waals surface area contributed by atoms with Crippen LogP contribution in [-0.4, -0.2) is 58.8 Å². The second-order valence-corrected chi connectivity index (χ2v) is 6.10. The molecule has 120 valence electrons. The van der Waals surface area contributed by atoms with E-state index in [1.807, 2.05) is 20.2 Å². The van der Waals surface area contributed by atoms with Gasteiger partial charge in [0.05, 0.1) is 11.9 Å². The van der Waals surface area contributed by atoms with Crippen LogP contribution in [0.15, 0.2) is 17.4 Å². The summed E-state index contributed by atoms with van der Waals surface area (Å²) in [7, 11) is 1.86. The Morgan fingerprint density at radius 2 is 2.27 bits per heavy atom. The minimum atomic E-state index is 0.0914. The molecule has 0 radical (unpaired) electrons. The van der Waals surface area contributed by atoms with E-state index in [1.54, 1.807) is 15.8 Å². The Hall–Kier alpha value is -2.05. The molecule has 2 heterocycles. The number of amides is 1. The number of hydrogen-bond donors (Lipinski definition) is 1. The molecule has 0 spiro atoms. The van der Waals surface area contributed by atoms with Crippen LogP contribution in [0.3, 0.4) is 0 Å². The van der Waals surface area contributed by atoms with E-state index in [0.717, 1.165) is 24.7 Å². The fourth-order valence-electron chi connectivity index (χ4n) is 2.75. The molecule has 7 heteroatoms. The Labute approximate surface area is 131 Å². The zero-order chi connectivity index (χ0) is 15.7. The standard InChI is InChI=1S/C15H24N6O/c1-4-16-15(18-13-7-11(13)2)20-5-6-21(14(22)10-20)12-8-17-19(3)9-12/h8-9,11,13H,4-7,10H2,1-3H3,(H,16,18). The Morgan fingerprint density at radius 1 is 1.50 bits per heavy atom. The first-order valence-corrected chi connectivity index (χ1v) is 7.93. The first-order chi connectivity index (χ1) is 10.6. The number of hydrogen-bond acceptors (Lipinski definition) is 3. The van der Waals surface area contributed by atoms with Gasteiger partial charge in [0, 0.05) is 38.9 Å². The highest BCUT2D eigenvalue weighted by atomic mass is 16.2.